The van der Waals surface area contributed by atoms with Gasteiger partial charge in [0.1, 0.15) is 33.7 Å². The first-order valence-corrected chi connectivity index (χ1v) is 22.6. The van der Waals surface area contributed by atoms with Crippen LogP contribution in [0.4, 0.5) is 10.1 Å². The number of allylic oxidation sites excluding steroid dienone is 1. The maximum atomic E-state index is 15.4. The summed E-state index contributed by atoms with van der Waals surface area (Å²) >= 11 is 12.7. The molecular weight excluding hydrogens is 825 g/mol. The number of anilines is 1. The highest BCUT2D eigenvalue weighted by Crippen LogP contribution is 2.44. The van der Waals surface area contributed by atoms with Crippen molar-refractivity contribution in [3.05, 3.63) is 113 Å². The third-order valence-corrected chi connectivity index (χ3v) is 14.4. The molecule has 2 radical (unpaired) electrons. The highest BCUT2D eigenvalue weighted by Gasteiger charge is 2.41. The number of benzene rings is 3. The molecule has 10 nitrogen and oxygen atoms in total. The number of piperazine rings is 1. The fraction of sp³-hybridized carbons (Fsp3) is 0.413. The van der Waals surface area contributed by atoms with E-state index in [1.807, 2.05) is 30.3 Å². The largest absolute Gasteiger partial charge is 0.473 e. The van der Waals surface area contributed by atoms with Crippen LogP contribution in [-0.2, 0) is 10.0 Å². The van der Waals surface area contributed by atoms with Gasteiger partial charge in [-0.1, -0.05) is 66.9 Å². The van der Waals surface area contributed by atoms with Gasteiger partial charge >= 0.3 is 0 Å². The molecule has 0 unspecified atom stereocenters. The van der Waals surface area contributed by atoms with Gasteiger partial charge < -0.3 is 19.5 Å². The van der Waals surface area contributed by atoms with Crippen LogP contribution in [0, 0.1) is 12.3 Å². The fourth-order valence-electron chi connectivity index (χ4n) is 8.44. The summed E-state index contributed by atoms with van der Waals surface area (Å²) in [6.07, 6.45) is 6.72. The van der Waals surface area contributed by atoms with E-state index in [1.54, 1.807) is 25.1 Å². The predicted molar refractivity (Wildman–Crippen MR) is 235 cm³/mol. The van der Waals surface area contributed by atoms with Gasteiger partial charge in [0.25, 0.3) is 10.0 Å². The van der Waals surface area contributed by atoms with Gasteiger partial charge in [-0.25, -0.2) is 9.37 Å². The van der Waals surface area contributed by atoms with Crippen molar-refractivity contribution in [3.8, 4) is 17.4 Å². The highest BCUT2D eigenvalue weighted by molar-refractivity contribution is 7.90. The Morgan fingerprint density at radius 3 is 2.35 bits per heavy atom. The first-order chi connectivity index (χ1) is 28.5. The molecule has 14 heteroatoms. The summed E-state index contributed by atoms with van der Waals surface area (Å²) in [5, 5.41) is 15.5. The second-order valence-electron chi connectivity index (χ2n) is 17.6. The summed E-state index contributed by atoms with van der Waals surface area (Å²) in [5.41, 5.74) is 3.63. The van der Waals surface area contributed by atoms with E-state index >= 15 is 4.39 Å². The number of aliphatic hydroxyl groups is 1. The van der Waals surface area contributed by atoms with Crippen LogP contribution in [0.25, 0.3) is 16.5 Å². The number of alkyl halides is 1. The van der Waals surface area contributed by atoms with Crippen molar-refractivity contribution in [1.29, 1.82) is 0 Å². The molecule has 1 saturated heterocycles. The molecule has 0 amide bonds. The van der Waals surface area contributed by atoms with Gasteiger partial charge in [0.15, 0.2) is 0 Å². The summed E-state index contributed by atoms with van der Waals surface area (Å²) in [6, 6.07) is 20.3. The van der Waals surface area contributed by atoms with Crippen LogP contribution in [0.2, 0.25) is 10.0 Å². The Morgan fingerprint density at radius 2 is 1.63 bits per heavy atom. The monoisotopic (exact) mass is 873 g/mol. The maximum Gasteiger partial charge on any atom is 0.285 e. The van der Waals surface area contributed by atoms with Gasteiger partial charge in [0.2, 0.25) is 5.88 Å². The first kappa shape index (κ1) is 42.5. The number of aromatic nitrogens is 3. The first-order valence-electron chi connectivity index (χ1n) is 20.4. The molecule has 3 aliphatic rings. The molecule has 0 bridgehead atoms. The predicted octanol–water partition coefficient (Wildman–Crippen LogP) is 10.0. The van der Waals surface area contributed by atoms with Crippen molar-refractivity contribution in [1.82, 2.24) is 19.1 Å². The lowest BCUT2D eigenvalue weighted by Gasteiger charge is -2.39. The molecule has 316 valence electrons. The number of halogens is 3. The third kappa shape index (κ3) is 9.18. The minimum absolute atomic E-state index is 0.0854. The van der Waals surface area contributed by atoms with E-state index in [4.69, 9.17) is 39.6 Å². The number of fused-ring (bicyclic) bond motifs is 1. The van der Waals surface area contributed by atoms with Crippen LogP contribution >= 0.6 is 23.2 Å². The minimum atomic E-state index is -4.28. The zero-order chi connectivity index (χ0) is 42.5. The Labute approximate surface area is 362 Å². The van der Waals surface area contributed by atoms with Gasteiger partial charge in [-0.2, -0.15) is 17.6 Å². The Kier molecular flexibility index (Phi) is 11.7. The molecule has 3 heterocycles. The minimum Gasteiger partial charge on any atom is -0.473 e. The van der Waals surface area contributed by atoms with Crippen molar-refractivity contribution >= 4 is 55.4 Å². The Morgan fingerprint density at radius 1 is 0.900 bits per heavy atom. The van der Waals surface area contributed by atoms with Crippen LogP contribution in [0.15, 0.2) is 89.6 Å². The Hall–Kier alpha value is -4.20. The van der Waals surface area contributed by atoms with Gasteiger partial charge in [-0.15, -0.1) is 0 Å². The van der Waals surface area contributed by atoms with Crippen LogP contribution < -0.4 is 14.4 Å². The third-order valence-electron chi connectivity index (χ3n) is 12.3. The molecular formula is C46H50Cl2FN5O5S. The van der Waals surface area contributed by atoms with E-state index in [1.165, 1.54) is 35.4 Å². The molecule has 3 aromatic carbocycles. The summed E-state index contributed by atoms with van der Waals surface area (Å²) in [4.78, 5) is 8.77. The van der Waals surface area contributed by atoms with Gasteiger partial charge in [-0.05, 0) is 110 Å². The molecule has 2 aromatic heterocycles. The fourth-order valence-corrected chi connectivity index (χ4v) is 10.1. The summed E-state index contributed by atoms with van der Waals surface area (Å²) in [7, 11) is -4.28. The molecule has 8 rings (SSSR count). The number of rotatable bonds is 11. The van der Waals surface area contributed by atoms with E-state index in [9.17, 15) is 13.5 Å². The molecule has 1 aliphatic heterocycles. The van der Waals surface area contributed by atoms with Crippen molar-refractivity contribution in [2.75, 3.05) is 44.2 Å². The molecule has 2 aliphatic carbocycles. The van der Waals surface area contributed by atoms with Crippen molar-refractivity contribution in [2.24, 2.45) is 5.41 Å². The van der Waals surface area contributed by atoms with Gasteiger partial charge in [0, 0.05) is 56.4 Å². The number of pyridine rings is 1. The van der Waals surface area contributed by atoms with E-state index in [-0.39, 0.29) is 46.2 Å². The number of hydrogen-bond donors (Lipinski definition) is 1. The lowest BCUT2D eigenvalue weighted by atomic mass is 9.72. The van der Waals surface area contributed by atoms with Gasteiger partial charge in [0.05, 0.1) is 28.9 Å². The van der Waals surface area contributed by atoms with Crippen molar-refractivity contribution < 1.29 is 27.4 Å². The van der Waals surface area contributed by atoms with Crippen LogP contribution in [0.1, 0.15) is 76.8 Å². The summed E-state index contributed by atoms with van der Waals surface area (Å²) in [6.45, 7) is 17.0. The van der Waals surface area contributed by atoms with Crippen LogP contribution in [0.3, 0.4) is 0 Å². The normalized spacial score (nSPS) is 22.6. The standard InChI is InChI=1S/C46H50Cl2FN5O5S/c1-31-8-13-35(53-22-20-52(21-23-53)29-33-14-15-44(2,3)26-37(33)32-9-11-34(47)12-10-32)24-42(31)59-41-7-5-6-40-38(41)28-51-54(40)60(56,57)36-25-39(48)43(50-27-36)58-30-46(49)18-16-45(4,55)17-19-46/h1,5-13,24-25,27-28,55H,14-23,26,29-30H2,2-4H3/t45-,46-. The SMILES string of the molecule is [CH]c1ccc(N2CCN(CC3=C(c4ccc(Cl)cc4)CC(C)(C)CC3)CC2)cc1Oc1cccc2c1cnn2S(=O)(=O)c1cnc(OC[C@]2(F)CC[C@](C)(O)CC2)c(Cl)c1. The molecule has 5 aromatic rings. The second kappa shape index (κ2) is 16.6. The summed E-state index contributed by atoms with van der Waals surface area (Å²) < 4.78 is 56.0. The Bertz CT molecular complexity index is 2520. The van der Waals surface area contributed by atoms with Crippen LogP contribution in [0.5, 0.6) is 17.4 Å². The number of ether oxygens (including phenoxy) is 2. The molecule has 2 fully saturated rings. The molecule has 0 atom stereocenters. The van der Waals surface area contributed by atoms with Crippen LogP contribution in [-0.4, -0.2) is 83.2 Å². The molecule has 60 heavy (non-hydrogen) atoms. The smallest absolute Gasteiger partial charge is 0.285 e. The highest BCUT2D eigenvalue weighted by atomic mass is 35.5. The lowest BCUT2D eigenvalue weighted by molar-refractivity contribution is -0.0483. The van der Waals surface area contributed by atoms with Crippen molar-refractivity contribution in [2.45, 2.75) is 81.9 Å². The van der Waals surface area contributed by atoms with Crippen molar-refractivity contribution in [3.63, 3.8) is 0 Å². The average Bonchev–Trinajstić information content (AvgIpc) is 3.67. The molecule has 1 N–H and O–H groups in total. The maximum absolute atomic E-state index is 15.4. The number of nitrogens with zero attached hydrogens (tertiary/aromatic N) is 5. The Balaban J connectivity index is 0.941. The zero-order valence-electron chi connectivity index (χ0n) is 34.1. The average molecular weight is 875 g/mol. The van der Waals surface area contributed by atoms with E-state index < -0.39 is 21.3 Å². The lowest BCUT2D eigenvalue weighted by Crippen LogP contribution is -2.47. The number of hydrogen-bond acceptors (Lipinski definition) is 9. The quantitative estimate of drug-likeness (QED) is 0.139. The van der Waals surface area contributed by atoms with E-state index in [0.717, 1.165) is 66.6 Å². The summed E-state index contributed by atoms with van der Waals surface area (Å²) in [5.74, 6) is 0.742. The topological polar surface area (TPSA) is 110 Å². The van der Waals surface area contributed by atoms with Gasteiger partial charge in [-0.3, -0.25) is 4.90 Å². The molecule has 1 saturated carbocycles. The zero-order valence-corrected chi connectivity index (χ0v) is 36.5. The molecule has 0 spiro atoms. The second-order valence-corrected chi connectivity index (χ2v) is 20.2. The van der Waals surface area contributed by atoms with E-state index in [2.05, 4.69) is 45.9 Å². The van der Waals surface area contributed by atoms with E-state index in [0.29, 0.717) is 35.3 Å².